The van der Waals surface area contributed by atoms with E-state index in [4.69, 9.17) is 21.1 Å². The molecule has 34 heavy (non-hydrogen) atoms. The minimum Gasteiger partial charge on any atom is -0.480 e. The van der Waals surface area contributed by atoms with E-state index in [2.05, 4.69) is 15.1 Å². The third kappa shape index (κ3) is 4.85. The molecule has 0 bridgehead atoms. The minimum absolute atomic E-state index is 0.0451. The third-order valence-electron chi connectivity index (χ3n) is 5.43. The van der Waals surface area contributed by atoms with E-state index in [0.29, 0.717) is 35.3 Å². The molecule has 0 amide bonds. The summed E-state index contributed by atoms with van der Waals surface area (Å²) in [6, 6.07) is 12.8. The lowest BCUT2D eigenvalue weighted by atomic mass is 10.0. The van der Waals surface area contributed by atoms with Gasteiger partial charge in [-0.05, 0) is 35.2 Å². The number of ether oxygens (including phenoxy) is 2. The highest BCUT2D eigenvalue weighted by molar-refractivity contribution is 6.28. The number of halogens is 4. The molecule has 1 unspecified atom stereocenters. The summed E-state index contributed by atoms with van der Waals surface area (Å²) in [4.78, 5) is 8.48. The summed E-state index contributed by atoms with van der Waals surface area (Å²) in [7, 11) is 1.46. The van der Waals surface area contributed by atoms with Crippen LogP contribution in [0.15, 0.2) is 48.5 Å². The molecule has 0 radical (unpaired) electrons. The van der Waals surface area contributed by atoms with Crippen molar-refractivity contribution in [2.75, 3.05) is 7.11 Å². The Morgan fingerprint density at radius 2 is 1.82 bits per heavy atom. The molecule has 0 aliphatic heterocycles. The maximum atomic E-state index is 14.3. The first-order chi connectivity index (χ1) is 16.4. The second-order valence-corrected chi connectivity index (χ2v) is 7.91. The average molecular weight is 491 g/mol. The van der Waals surface area contributed by atoms with E-state index < -0.39 is 23.8 Å². The van der Waals surface area contributed by atoms with Crippen molar-refractivity contribution in [1.29, 1.82) is 0 Å². The molecule has 1 atom stereocenters. The van der Waals surface area contributed by atoms with Crippen molar-refractivity contribution in [3.63, 3.8) is 0 Å². The van der Waals surface area contributed by atoms with Crippen LogP contribution in [0.2, 0.25) is 5.28 Å². The summed E-state index contributed by atoms with van der Waals surface area (Å²) < 4.78 is 53.3. The SMILES string of the molecule is CCC(c1ccc(C(F)F)c(F)c1)n1nc(COCc2ccccc2)c2c(OC)nc(Cl)nc21. The Morgan fingerprint density at radius 1 is 1.06 bits per heavy atom. The van der Waals surface area contributed by atoms with Crippen molar-refractivity contribution >= 4 is 22.6 Å². The first-order valence-electron chi connectivity index (χ1n) is 10.6. The van der Waals surface area contributed by atoms with Crippen LogP contribution in [0.1, 0.15) is 48.2 Å². The molecule has 0 aliphatic carbocycles. The standard InChI is InChI=1S/C24H22ClF3N4O2/c1-3-19(15-9-10-16(21(27)28)17(26)11-15)32-22-20(23(33-2)30-24(25)29-22)18(31-32)13-34-12-14-7-5-4-6-8-14/h4-11,19,21H,3,12-13H2,1-2H3. The van der Waals surface area contributed by atoms with Crippen LogP contribution in [0.5, 0.6) is 5.88 Å². The fraction of sp³-hybridized carbons (Fsp3) is 0.292. The number of hydrogen-bond donors (Lipinski definition) is 0. The Bertz CT molecular complexity index is 1280. The first-order valence-corrected chi connectivity index (χ1v) is 11.0. The maximum absolute atomic E-state index is 14.3. The highest BCUT2D eigenvalue weighted by Gasteiger charge is 2.25. The van der Waals surface area contributed by atoms with Gasteiger partial charge < -0.3 is 9.47 Å². The van der Waals surface area contributed by atoms with E-state index in [9.17, 15) is 13.2 Å². The lowest BCUT2D eigenvalue weighted by Gasteiger charge is -2.18. The Kier molecular flexibility index (Phi) is 7.33. The molecule has 0 aliphatic rings. The number of alkyl halides is 2. The van der Waals surface area contributed by atoms with Gasteiger partial charge in [0.05, 0.1) is 31.9 Å². The summed E-state index contributed by atoms with van der Waals surface area (Å²) in [6.07, 6.45) is -2.41. The highest BCUT2D eigenvalue weighted by Crippen LogP contribution is 2.34. The van der Waals surface area contributed by atoms with Crippen LogP contribution in [0, 0.1) is 5.82 Å². The quantitative estimate of drug-likeness (QED) is 0.258. The number of aromatic nitrogens is 4. The first kappa shape index (κ1) is 24.0. The number of hydrogen-bond acceptors (Lipinski definition) is 5. The van der Waals surface area contributed by atoms with Crippen LogP contribution in [-0.4, -0.2) is 26.9 Å². The molecule has 0 spiro atoms. The molecule has 178 valence electrons. The van der Waals surface area contributed by atoms with Crippen LogP contribution in [0.4, 0.5) is 13.2 Å². The van der Waals surface area contributed by atoms with Gasteiger partial charge in [-0.25, -0.2) is 17.9 Å². The minimum atomic E-state index is -2.90. The lowest BCUT2D eigenvalue weighted by molar-refractivity contribution is 0.104. The van der Waals surface area contributed by atoms with E-state index >= 15 is 0 Å². The third-order valence-corrected chi connectivity index (χ3v) is 5.60. The topological polar surface area (TPSA) is 62.1 Å². The predicted octanol–water partition coefficient (Wildman–Crippen LogP) is 6.28. The number of methoxy groups -OCH3 is 1. The normalized spacial score (nSPS) is 12.4. The van der Waals surface area contributed by atoms with Gasteiger partial charge in [0, 0.05) is 0 Å². The molecule has 0 fully saturated rings. The van der Waals surface area contributed by atoms with Crippen LogP contribution < -0.4 is 4.74 Å². The molecule has 2 aromatic carbocycles. The fourth-order valence-corrected chi connectivity index (χ4v) is 3.99. The smallest absolute Gasteiger partial charge is 0.266 e. The largest absolute Gasteiger partial charge is 0.480 e. The highest BCUT2D eigenvalue weighted by atomic mass is 35.5. The van der Waals surface area contributed by atoms with Gasteiger partial charge >= 0.3 is 0 Å². The van der Waals surface area contributed by atoms with Crippen molar-refractivity contribution in [2.45, 2.75) is 39.0 Å². The second kappa shape index (κ2) is 10.4. The Morgan fingerprint density at radius 3 is 2.47 bits per heavy atom. The van der Waals surface area contributed by atoms with Gasteiger partial charge in [-0.15, -0.1) is 0 Å². The zero-order valence-corrected chi connectivity index (χ0v) is 19.3. The molecule has 2 aromatic heterocycles. The molecule has 6 nitrogen and oxygen atoms in total. The lowest BCUT2D eigenvalue weighted by Crippen LogP contribution is -2.13. The Labute approximate surface area is 199 Å². The number of fused-ring (bicyclic) bond motifs is 1. The molecular formula is C24H22ClF3N4O2. The monoisotopic (exact) mass is 490 g/mol. The molecule has 4 aromatic rings. The fourth-order valence-electron chi connectivity index (χ4n) is 3.83. The van der Waals surface area contributed by atoms with Crippen molar-refractivity contribution in [2.24, 2.45) is 0 Å². The van der Waals surface area contributed by atoms with Gasteiger partial charge in [0.1, 0.15) is 16.9 Å². The van der Waals surface area contributed by atoms with Gasteiger partial charge in [0.15, 0.2) is 5.65 Å². The summed E-state index contributed by atoms with van der Waals surface area (Å²) in [5, 5.41) is 5.16. The summed E-state index contributed by atoms with van der Waals surface area (Å²) in [5.74, 6) is -0.743. The van der Waals surface area contributed by atoms with Crippen LogP contribution >= 0.6 is 11.6 Å². The van der Waals surface area contributed by atoms with Gasteiger partial charge in [-0.1, -0.05) is 49.4 Å². The van der Waals surface area contributed by atoms with Crippen molar-refractivity contribution in [3.8, 4) is 5.88 Å². The molecule has 4 rings (SSSR count). The van der Waals surface area contributed by atoms with Crippen LogP contribution in [-0.2, 0) is 18.0 Å². The number of benzene rings is 2. The maximum Gasteiger partial charge on any atom is 0.266 e. The van der Waals surface area contributed by atoms with E-state index in [-0.39, 0.29) is 17.8 Å². The number of rotatable bonds is 9. The van der Waals surface area contributed by atoms with Gasteiger partial charge in [0.25, 0.3) is 6.43 Å². The molecule has 0 N–H and O–H groups in total. The van der Waals surface area contributed by atoms with E-state index in [1.165, 1.54) is 13.2 Å². The summed E-state index contributed by atoms with van der Waals surface area (Å²) in [6.45, 7) is 2.38. The van der Waals surface area contributed by atoms with Crippen LogP contribution in [0.25, 0.3) is 11.0 Å². The molecule has 0 saturated carbocycles. The molecule has 10 heteroatoms. The van der Waals surface area contributed by atoms with Crippen molar-refractivity contribution < 1.29 is 22.6 Å². The van der Waals surface area contributed by atoms with E-state index in [1.807, 2.05) is 37.3 Å². The van der Waals surface area contributed by atoms with Crippen molar-refractivity contribution in [3.05, 3.63) is 82.0 Å². The molecule has 2 heterocycles. The van der Waals surface area contributed by atoms with E-state index in [0.717, 1.165) is 17.7 Å². The number of nitrogens with zero attached hydrogens (tertiary/aromatic N) is 4. The van der Waals surface area contributed by atoms with Crippen LogP contribution in [0.3, 0.4) is 0 Å². The zero-order valence-electron chi connectivity index (χ0n) is 18.5. The summed E-state index contributed by atoms with van der Waals surface area (Å²) in [5.41, 5.74) is 1.71. The second-order valence-electron chi connectivity index (χ2n) is 7.58. The zero-order chi connectivity index (χ0) is 24.2. The van der Waals surface area contributed by atoms with Crippen molar-refractivity contribution in [1.82, 2.24) is 19.7 Å². The predicted molar refractivity (Wildman–Crippen MR) is 122 cm³/mol. The van der Waals surface area contributed by atoms with E-state index in [1.54, 1.807) is 4.68 Å². The van der Waals surface area contributed by atoms with Gasteiger partial charge in [-0.2, -0.15) is 15.1 Å². The summed E-state index contributed by atoms with van der Waals surface area (Å²) >= 11 is 6.13. The average Bonchev–Trinajstić information content (AvgIpc) is 3.17. The Balaban J connectivity index is 1.75. The van der Waals surface area contributed by atoms with Gasteiger partial charge in [0.2, 0.25) is 11.2 Å². The molecule has 0 saturated heterocycles. The Hall–Kier alpha value is -3.17. The molecular weight excluding hydrogens is 469 g/mol. The van der Waals surface area contributed by atoms with Gasteiger partial charge in [-0.3, -0.25) is 0 Å².